The fraction of sp³-hybridized carbons (Fsp3) is 1.00. The van der Waals surface area contributed by atoms with Crippen LogP contribution in [-0.2, 0) is 0 Å². The van der Waals surface area contributed by atoms with Gasteiger partial charge < -0.3 is 10.6 Å². The molecular weight excluding hydrogens is 496 g/mol. The van der Waals surface area contributed by atoms with E-state index in [1.807, 2.05) is 0 Å². The van der Waals surface area contributed by atoms with Gasteiger partial charge in [-0.2, -0.15) is 0 Å². The molecular formula is C39H82N2. The van der Waals surface area contributed by atoms with Crippen LogP contribution >= 0.6 is 0 Å². The van der Waals surface area contributed by atoms with E-state index in [-0.39, 0.29) is 0 Å². The van der Waals surface area contributed by atoms with Crippen LogP contribution in [-0.4, -0.2) is 31.1 Å². The molecule has 0 aromatic rings. The summed E-state index contributed by atoms with van der Waals surface area (Å²) in [7, 11) is 0. The second kappa shape index (κ2) is 37.9. The summed E-state index contributed by atoms with van der Waals surface area (Å²) >= 11 is 0. The molecule has 0 saturated carbocycles. The zero-order chi connectivity index (χ0) is 29.7. The Labute approximate surface area is 262 Å². The Balaban J connectivity index is 3.35. The minimum absolute atomic E-state index is 0.872. The van der Waals surface area contributed by atoms with Gasteiger partial charge in [0.05, 0.1) is 0 Å². The molecule has 0 radical (unpaired) electrons. The number of hydrogen-bond donors (Lipinski definition) is 1. The van der Waals surface area contributed by atoms with Crippen molar-refractivity contribution in [2.24, 2.45) is 5.73 Å². The van der Waals surface area contributed by atoms with Gasteiger partial charge in [-0.1, -0.05) is 200 Å². The maximum absolute atomic E-state index is 5.56. The van der Waals surface area contributed by atoms with Gasteiger partial charge in [-0.25, -0.2) is 0 Å². The lowest BCUT2D eigenvalue weighted by molar-refractivity contribution is 0.260. The van der Waals surface area contributed by atoms with E-state index in [0.717, 1.165) is 6.54 Å². The molecule has 2 heteroatoms. The van der Waals surface area contributed by atoms with Crippen LogP contribution in [0.3, 0.4) is 0 Å². The number of nitrogens with zero attached hydrogens (tertiary/aromatic N) is 1. The minimum Gasteiger partial charge on any atom is -0.330 e. The van der Waals surface area contributed by atoms with Crippen LogP contribution in [0.5, 0.6) is 0 Å². The summed E-state index contributed by atoms with van der Waals surface area (Å²) in [5.74, 6) is 0. The molecule has 248 valence electrons. The highest BCUT2D eigenvalue weighted by molar-refractivity contribution is 4.59. The maximum Gasteiger partial charge on any atom is -0.00187 e. The van der Waals surface area contributed by atoms with Crippen molar-refractivity contribution in [3.63, 3.8) is 0 Å². The van der Waals surface area contributed by atoms with Gasteiger partial charge in [0.25, 0.3) is 0 Å². The fourth-order valence-corrected chi connectivity index (χ4v) is 6.49. The predicted molar refractivity (Wildman–Crippen MR) is 189 cm³/mol. The van der Waals surface area contributed by atoms with Gasteiger partial charge in [-0.3, -0.25) is 0 Å². The lowest BCUT2D eigenvalue weighted by Gasteiger charge is -2.21. The van der Waals surface area contributed by atoms with E-state index < -0.39 is 0 Å². The molecule has 0 amide bonds. The highest BCUT2D eigenvalue weighted by Crippen LogP contribution is 2.16. The standard InChI is InChI=1S/C39H82N2/c1-3-5-6-7-8-9-10-11-12-16-19-22-25-28-31-34-38-41(37-4-2)39-35-32-29-26-23-20-17-14-13-15-18-21-24-27-30-33-36-40/h3-40H2,1-2H3. The van der Waals surface area contributed by atoms with Crippen LogP contribution in [0.1, 0.15) is 226 Å². The third kappa shape index (κ3) is 36.0. The first kappa shape index (κ1) is 40.9. The van der Waals surface area contributed by atoms with Crippen LogP contribution < -0.4 is 5.73 Å². The Morgan fingerprint density at radius 3 is 0.756 bits per heavy atom. The monoisotopic (exact) mass is 579 g/mol. The minimum atomic E-state index is 0.872. The topological polar surface area (TPSA) is 29.3 Å². The van der Waals surface area contributed by atoms with Crippen molar-refractivity contribution < 1.29 is 0 Å². The van der Waals surface area contributed by atoms with Gasteiger partial charge in [0.15, 0.2) is 0 Å². The summed E-state index contributed by atoms with van der Waals surface area (Å²) in [6.07, 6.45) is 47.6. The van der Waals surface area contributed by atoms with E-state index in [0.29, 0.717) is 0 Å². The number of unbranched alkanes of at least 4 members (excludes halogenated alkanes) is 30. The Morgan fingerprint density at radius 2 is 0.512 bits per heavy atom. The highest BCUT2D eigenvalue weighted by Gasteiger charge is 2.04. The van der Waals surface area contributed by atoms with Gasteiger partial charge in [0, 0.05) is 0 Å². The molecule has 0 spiro atoms. The molecule has 0 aliphatic carbocycles. The molecule has 41 heavy (non-hydrogen) atoms. The first-order valence-electron chi connectivity index (χ1n) is 19.8. The summed E-state index contributed by atoms with van der Waals surface area (Å²) in [5, 5.41) is 0. The van der Waals surface area contributed by atoms with Crippen molar-refractivity contribution in [2.75, 3.05) is 26.2 Å². The van der Waals surface area contributed by atoms with Crippen LogP contribution in [0, 0.1) is 0 Å². The van der Waals surface area contributed by atoms with E-state index in [2.05, 4.69) is 18.7 Å². The van der Waals surface area contributed by atoms with E-state index in [1.165, 1.54) is 232 Å². The molecule has 0 bridgehead atoms. The highest BCUT2D eigenvalue weighted by atomic mass is 15.1. The van der Waals surface area contributed by atoms with E-state index >= 15 is 0 Å². The zero-order valence-electron chi connectivity index (χ0n) is 29.2. The van der Waals surface area contributed by atoms with Gasteiger partial charge in [-0.15, -0.1) is 0 Å². The molecule has 2 nitrogen and oxygen atoms in total. The Morgan fingerprint density at radius 1 is 0.268 bits per heavy atom. The summed E-state index contributed by atoms with van der Waals surface area (Å²) < 4.78 is 0. The zero-order valence-corrected chi connectivity index (χ0v) is 29.2. The summed E-state index contributed by atoms with van der Waals surface area (Å²) in [6.45, 7) is 9.54. The Bertz CT molecular complexity index is 437. The quantitative estimate of drug-likeness (QED) is 0.0743. The summed E-state index contributed by atoms with van der Waals surface area (Å²) in [4.78, 5) is 2.77. The van der Waals surface area contributed by atoms with Gasteiger partial charge >= 0.3 is 0 Å². The van der Waals surface area contributed by atoms with Gasteiger partial charge in [0.1, 0.15) is 0 Å². The maximum atomic E-state index is 5.56. The van der Waals surface area contributed by atoms with Crippen molar-refractivity contribution in [2.45, 2.75) is 226 Å². The first-order valence-corrected chi connectivity index (χ1v) is 19.8. The largest absolute Gasteiger partial charge is 0.330 e. The van der Waals surface area contributed by atoms with Crippen molar-refractivity contribution in [1.82, 2.24) is 4.90 Å². The number of rotatable bonds is 37. The molecule has 0 saturated heterocycles. The second-order valence-corrected chi connectivity index (χ2v) is 13.6. The molecule has 0 atom stereocenters. The molecule has 0 rings (SSSR count). The van der Waals surface area contributed by atoms with E-state index in [1.54, 1.807) is 0 Å². The van der Waals surface area contributed by atoms with E-state index in [4.69, 9.17) is 5.73 Å². The lowest BCUT2D eigenvalue weighted by atomic mass is 10.0. The Kier molecular flexibility index (Phi) is 37.9. The first-order chi connectivity index (χ1) is 20.3. The number of hydrogen-bond acceptors (Lipinski definition) is 2. The fourth-order valence-electron chi connectivity index (χ4n) is 6.49. The van der Waals surface area contributed by atoms with Crippen LogP contribution in [0.15, 0.2) is 0 Å². The average Bonchev–Trinajstić information content (AvgIpc) is 2.98. The number of nitrogens with two attached hydrogens (primary N) is 1. The third-order valence-corrected chi connectivity index (χ3v) is 9.30. The smallest absolute Gasteiger partial charge is 0.00187 e. The molecule has 2 N–H and O–H groups in total. The molecule has 0 aliphatic heterocycles. The molecule has 0 heterocycles. The molecule has 0 aromatic heterocycles. The summed E-state index contributed by atoms with van der Waals surface area (Å²) in [5.41, 5.74) is 5.56. The lowest BCUT2D eigenvalue weighted by Crippen LogP contribution is -2.27. The normalized spacial score (nSPS) is 11.7. The van der Waals surface area contributed by atoms with Crippen LogP contribution in [0.4, 0.5) is 0 Å². The van der Waals surface area contributed by atoms with E-state index in [9.17, 15) is 0 Å². The summed E-state index contributed by atoms with van der Waals surface area (Å²) in [6, 6.07) is 0. The van der Waals surface area contributed by atoms with Crippen molar-refractivity contribution in [3.05, 3.63) is 0 Å². The van der Waals surface area contributed by atoms with Crippen LogP contribution in [0.2, 0.25) is 0 Å². The van der Waals surface area contributed by atoms with Crippen molar-refractivity contribution >= 4 is 0 Å². The average molecular weight is 579 g/mol. The molecule has 0 aromatic carbocycles. The SMILES string of the molecule is CCCCCCCCCCCCCCCCCCN(CCC)CCCCCCCCCCCCCCCCCCN. The van der Waals surface area contributed by atoms with Gasteiger partial charge in [-0.05, 0) is 51.9 Å². The Hall–Kier alpha value is -0.0800. The van der Waals surface area contributed by atoms with Crippen LogP contribution in [0.25, 0.3) is 0 Å². The second-order valence-electron chi connectivity index (χ2n) is 13.6. The predicted octanol–water partition coefficient (Wildman–Crippen LogP) is 13.2. The third-order valence-electron chi connectivity index (χ3n) is 9.30. The molecule has 0 aliphatic rings. The molecule has 0 fully saturated rings. The van der Waals surface area contributed by atoms with Crippen molar-refractivity contribution in [1.29, 1.82) is 0 Å². The van der Waals surface area contributed by atoms with Gasteiger partial charge in [0.2, 0.25) is 0 Å². The molecule has 0 unspecified atom stereocenters. The van der Waals surface area contributed by atoms with Crippen molar-refractivity contribution in [3.8, 4) is 0 Å².